The van der Waals surface area contributed by atoms with E-state index in [9.17, 15) is 27.6 Å². The third-order valence-electron chi connectivity index (χ3n) is 6.70. The molecule has 33 heavy (non-hydrogen) atoms. The molecule has 0 spiro atoms. The molecule has 6 nitrogen and oxygen atoms in total. The third kappa shape index (κ3) is 3.70. The van der Waals surface area contributed by atoms with Crippen molar-refractivity contribution in [2.24, 2.45) is 23.7 Å². The highest BCUT2D eigenvalue weighted by atomic mass is 79.9. The van der Waals surface area contributed by atoms with Crippen molar-refractivity contribution < 1.29 is 32.3 Å². The number of amides is 2. The first-order valence-electron chi connectivity index (χ1n) is 10.4. The van der Waals surface area contributed by atoms with Crippen LogP contribution in [0, 0.1) is 23.7 Å². The highest BCUT2D eigenvalue weighted by Crippen LogP contribution is 2.60. The largest absolute Gasteiger partial charge is 0.461 e. The number of fused-ring (bicyclic) bond motifs is 1. The van der Waals surface area contributed by atoms with Gasteiger partial charge in [0.1, 0.15) is 6.10 Å². The zero-order chi connectivity index (χ0) is 23.5. The summed E-state index contributed by atoms with van der Waals surface area (Å²) in [6.45, 7) is 0. The van der Waals surface area contributed by atoms with E-state index in [0.717, 1.165) is 12.5 Å². The van der Waals surface area contributed by atoms with Crippen LogP contribution in [-0.4, -0.2) is 28.7 Å². The minimum atomic E-state index is -4.62. The number of alkyl halides is 4. The lowest BCUT2D eigenvalue weighted by Crippen LogP contribution is -2.40. The molecule has 1 saturated heterocycles. The summed E-state index contributed by atoms with van der Waals surface area (Å²) in [6, 6.07) is 10.6. The van der Waals surface area contributed by atoms with E-state index in [4.69, 9.17) is 4.74 Å². The maximum atomic E-state index is 13.2. The van der Waals surface area contributed by atoms with E-state index < -0.39 is 29.5 Å². The zero-order valence-corrected chi connectivity index (χ0v) is 18.5. The van der Waals surface area contributed by atoms with Gasteiger partial charge in [0.15, 0.2) is 0 Å². The Labute approximate surface area is 195 Å². The highest BCUT2D eigenvalue weighted by Gasteiger charge is 2.67. The summed E-state index contributed by atoms with van der Waals surface area (Å²) in [7, 11) is 0. The van der Waals surface area contributed by atoms with E-state index in [2.05, 4.69) is 26.6 Å². The maximum absolute atomic E-state index is 13.2. The van der Waals surface area contributed by atoms with Gasteiger partial charge in [-0.05, 0) is 42.7 Å². The molecule has 3 fully saturated rings. The van der Waals surface area contributed by atoms with E-state index in [1.54, 1.807) is 6.07 Å². The van der Waals surface area contributed by atoms with Crippen LogP contribution in [0.3, 0.4) is 0 Å². The summed E-state index contributed by atoms with van der Waals surface area (Å²) in [5, 5.41) is 5.05. The summed E-state index contributed by atoms with van der Waals surface area (Å²) in [5.74, 6) is -2.46. The van der Waals surface area contributed by atoms with Crippen LogP contribution in [0.4, 0.5) is 24.5 Å². The molecular weight excluding hydrogens is 505 g/mol. The molecule has 5 rings (SSSR count). The lowest BCUT2D eigenvalue weighted by Gasteiger charge is -2.27. The molecule has 2 N–H and O–H groups in total. The van der Waals surface area contributed by atoms with Crippen LogP contribution in [-0.2, 0) is 20.5 Å². The van der Waals surface area contributed by atoms with Crippen molar-refractivity contribution in [1.82, 2.24) is 0 Å². The number of benzene rings is 2. The number of nitrogens with one attached hydrogen (secondary N) is 2. The van der Waals surface area contributed by atoms with Crippen LogP contribution in [0.25, 0.3) is 0 Å². The summed E-state index contributed by atoms with van der Waals surface area (Å²) >= 11 is 3.56. The van der Waals surface area contributed by atoms with Crippen molar-refractivity contribution in [1.29, 1.82) is 0 Å². The second-order valence-electron chi connectivity index (χ2n) is 8.53. The second kappa shape index (κ2) is 7.86. The Balaban J connectivity index is 1.32. The molecule has 6 atom stereocenters. The second-order valence-corrected chi connectivity index (χ2v) is 9.59. The minimum absolute atomic E-state index is 0.0217. The van der Waals surface area contributed by atoms with Gasteiger partial charge >= 0.3 is 12.1 Å². The molecule has 2 aliphatic carbocycles. The first-order valence-corrected chi connectivity index (χ1v) is 11.3. The van der Waals surface area contributed by atoms with Gasteiger partial charge in [-0.15, -0.1) is 0 Å². The Morgan fingerprint density at radius 3 is 2.55 bits per heavy atom. The quantitative estimate of drug-likeness (QED) is 0.458. The van der Waals surface area contributed by atoms with Gasteiger partial charge < -0.3 is 15.4 Å². The summed E-state index contributed by atoms with van der Waals surface area (Å²) in [6.07, 6.45) is -4.08. The SMILES string of the molecule is O=C(Nc1ccccc1C(F)(F)F)c1cccc(NC(=O)[C@@H]2[C@H]3C[C@H]4[C@H](OC(=O)[C@H]42)[C@@H]3Br)c1. The Bertz CT molecular complexity index is 1150. The normalized spacial score (nSPS) is 29.6. The van der Waals surface area contributed by atoms with E-state index in [0.29, 0.717) is 5.69 Å². The number of rotatable bonds is 4. The fourth-order valence-corrected chi connectivity index (χ4v) is 6.37. The topological polar surface area (TPSA) is 84.5 Å². The Kier molecular flexibility index (Phi) is 5.23. The summed E-state index contributed by atoms with van der Waals surface area (Å²) in [5.41, 5.74) is -0.917. The van der Waals surface area contributed by atoms with Crippen LogP contribution in [0.1, 0.15) is 22.3 Å². The van der Waals surface area contributed by atoms with E-state index in [1.165, 1.54) is 36.4 Å². The first kappa shape index (κ1) is 21.9. The summed E-state index contributed by atoms with van der Waals surface area (Å²) in [4.78, 5) is 37.9. The van der Waals surface area contributed by atoms with Gasteiger partial charge in [-0.25, -0.2) is 0 Å². The number of hydrogen-bond donors (Lipinski definition) is 2. The zero-order valence-electron chi connectivity index (χ0n) is 16.9. The van der Waals surface area contributed by atoms with E-state index >= 15 is 0 Å². The Morgan fingerprint density at radius 2 is 1.79 bits per heavy atom. The van der Waals surface area contributed by atoms with Gasteiger partial charge in [-0.1, -0.05) is 34.1 Å². The van der Waals surface area contributed by atoms with Crippen molar-refractivity contribution in [3.63, 3.8) is 0 Å². The van der Waals surface area contributed by atoms with Gasteiger partial charge in [0.2, 0.25) is 5.91 Å². The first-order chi connectivity index (χ1) is 15.6. The number of carbonyl (C=O) groups excluding carboxylic acids is 3. The molecule has 0 radical (unpaired) electrons. The van der Waals surface area contributed by atoms with Crippen molar-refractivity contribution in [2.45, 2.75) is 23.5 Å². The molecule has 0 aromatic heterocycles. The van der Waals surface area contributed by atoms with E-state index in [1.807, 2.05) is 0 Å². The van der Waals surface area contributed by atoms with Gasteiger partial charge in [0, 0.05) is 17.2 Å². The number of para-hydroxylation sites is 1. The van der Waals surface area contributed by atoms with Crippen LogP contribution in [0.5, 0.6) is 0 Å². The van der Waals surface area contributed by atoms with Crippen molar-refractivity contribution in [3.8, 4) is 0 Å². The number of hydrogen-bond acceptors (Lipinski definition) is 4. The molecule has 2 amide bonds. The average molecular weight is 523 g/mol. The lowest BCUT2D eigenvalue weighted by atomic mass is 9.79. The molecule has 3 aliphatic rings. The van der Waals surface area contributed by atoms with Crippen LogP contribution >= 0.6 is 15.9 Å². The molecule has 2 bridgehead atoms. The fourth-order valence-electron chi connectivity index (χ4n) is 5.33. The highest BCUT2D eigenvalue weighted by molar-refractivity contribution is 9.09. The van der Waals surface area contributed by atoms with Crippen molar-refractivity contribution >= 4 is 45.1 Å². The van der Waals surface area contributed by atoms with Gasteiger partial charge in [0.25, 0.3) is 5.91 Å². The molecule has 2 saturated carbocycles. The number of carbonyl (C=O) groups is 3. The number of esters is 1. The van der Waals surface area contributed by atoms with Crippen molar-refractivity contribution in [3.05, 3.63) is 59.7 Å². The van der Waals surface area contributed by atoms with Gasteiger partial charge in [-0.3, -0.25) is 14.4 Å². The number of ether oxygens (including phenoxy) is 1. The average Bonchev–Trinajstić information content (AvgIpc) is 3.38. The monoisotopic (exact) mass is 522 g/mol. The number of anilines is 2. The van der Waals surface area contributed by atoms with E-state index in [-0.39, 0.29) is 45.9 Å². The minimum Gasteiger partial charge on any atom is -0.461 e. The smallest absolute Gasteiger partial charge is 0.418 e. The third-order valence-corrected chi connectivity index (χ3v) is 7.90. The van der Waals surface area contributed by atoms with Crippen LogP contribution in [0.2, 0.25) is 0 Å². The molecule has 2 aromatic carbocycles. The molecule has 1 aliphatic heterocycles. The Morgan fingerprint density at radius 1 is 1.03 bits per heavy atom. The molecular formula is C23H18BrF3N2O4. The number of halogens is 4. The predicted octanol–water partition coefficient (Wildman–Crippen LogP) is 4.47. The Hall–Kier alpha value is -2.88. The predicted molar refractivity (Wildman–Crippen MR) is 116 cm³/mol. The lowest BCUT2D eigenvalue weighted by molar-refractivity contribution is -0.145. The maximum Gasteiger partial charge on any atom is 0.418 e. The fraction of sp³-hybridized carbons (Fsp3) is 0.348. The standard InChI is InChI=1S/C23H18BrF3N2O4/c24-18-12-9-13-17(22(32)33-19(13)18)16(12)21(31)28-11-5-3-4-10(8-11)20(30)29-15-7-2-1-6-14(15)23(25,26)27/h1-8,12-13,16-19H,9H2,(H,28,31)(H,29,30)/t12-,13-,16-,17-,18-,19+/m1/s1. The molecule has 2 aromatic rings. The van der Waals surface area contributed by atoms with Crippen LogP contribution < -0.4 is 10.6 Å². The van der Waals surface area contributed by atoms with Crippen LogP contribution in [0.15, 0.2) is 48.5 Å². The molecule has 10 heteroatoms. The molecule has 1 heterocycles. The molecule has 172 valence electrons. The van der Waals surface area contributed by atoms with Gasteiger partial charge in [0.05, 0.1) is 27.9 Å². The van der Waals surface area contributed by atoms with Gasteiger partial charge in [-0.2, -0.15) is 13.2 Å². The summed E-state index contributed by atoms with van der Waals surface area (Å²) < 4.78 is 45.0. The van der Waals surface area contributed by atoms with Crippen molar-refractivity contribution in [2.75, 3.05) is 10.6 Å². The molecule has 0 unspecified atom stereocenters.